The van der Waals surface area contributed by atoms with Crippen LogP contribution in [0.15, 0.2) is 0 Å². The second-order valence-electron chi connectivity index (χ2n) is 5.19. The van der Waals surface area contributed by atoms with Crippen LogP contribution in [0.4, 0.5) is 0 Å². The molecule has 1 aliphatic rings. The fourth-order valence-corrected chi connectivity index (χ4v) is 3.57. The largest absolute Gasteiger partial charge is 0.368 e. The van der Waals surface area contributed by atoms with Crippen LogP contribution < -0.4 is 5.32 Å². The highest BCUT2D eigenvalue weighted by atomic mass is 32.1. The molecule has 1 aliphatic heterocycles. The van der Waals surface area contributed by atoms with Crippen LogP contribution in [0.3, 0.4) is 0 Å². The lowest BCUT2D eigenvalue weighted by molar-refractivity contribution is 0.0553. The number of aromatic nitrogens is 1. The molecule has 1 saturated heterocycles. The molecule has 2 heterocycles. The number of hydrogen-bond acceptors (Lipinski definition) is 4. The highest BCUT2D eigenvalue weighted by molar-refractivity contribution is 7.11. The van der Waals surface area contributed by atoms with E-state index in [9.17, 15) is 0 Å². The molecule has 1 aromatic heterocycles. The fraction of sp³-hybridized carbons (Fsp3) is 0.786. The Morgan fingerprint density at radius 2 is 2.28 bits per heavy atom. The molecule has 3 atom stereocenters. The first-order valence-corrected chi connectivity index (χ1v) is 7.79. The van der Waals surface area contributed by atoms with Crippen molar-refractivity contribution < 1.29 is 4.74 Å². The molecule has 102 valence electrons. The molecule has 1 aromatic rings. The quantitative estimate of drug-likeness (QED) is 0.883. The number of thiazole rings is 1. The van der Waals surface area contributed by atoms with E-state index >= 15 is 0 Å². The van der Waals surface area contributed by atoms with Gasteiger partial charge in [-0.15, -0.1) is 11.3 Å². The predicted molar refractivity (Wildman–Crippen MR) is 76.1 cm³/mol. The van der Waals surface area contributed by atoms with Crippen molar-refractivity contribution in [3.63, 3.8) is 0 Å². The molecule has 0 bridgehead atoms. The van der Waals surface area contributed by atoms with E-state index in [1.165, 1.54) is 4.88 Å². The molecule has 3 nitrogen and oxygen atoms in total. The SMILES string of the molecule is CCCNC(C)c1sc(C2CCC(C)O2)nc1C. The predicted octanol–water partition coefficient (Wildman–Crippen LogP) is 3.75. The maximum atomic E-state index is 5.90. The maximum Gasteiger partial charge on any atom is 0.122 e. The van der Waals surface area contributed by atoms with Gasteiger partial charge in [0.05, 0.1) is 11.8 Å². The summed E-state index contributed by atoms with van der Waals surface area (Å²) < 4.78 is 5.90. The van der Waals surface area contributed by atoms with E-state index in [2.05, 4.69) is 33.0 Å². The summed E-state index contributed by atoms with van der Waals surface area (Å²) in [7, 11) is 0. The van der Waals surface area contributed by atoms with Gasteiger partial charge in [-0.05, 0) is 46.6 Å². The van der Waals surface area contributed by atoms with Gasteiger partial charge in [-0.1, -0.05) is 6.92 Å². The Morgan fingerprint density at radius 3 is 2.89 bits per heavy atom. The molecular formula is C14H24N2OS. The van der Waals surface area contributed by atoms with Gasteiger partial charge in [0.1, 0.15) is 11.1 Å². The van der Waals surface area contributed by atoms with Crippen molar-refractivity contribution in [1.82, 2.24) is 10.3 Å². The van der Waals surface area contributed by atoms with Crippen molar-refractivity contribution >= 4 is 11.3 Å². The molecule has 2 rings (SSSR count). The Labute approximate surface area is 114 Å². The van der Waals surface area contributed by atoms with Crippen molar-refractivity contribution in [2.45, 2.75) is 65.2 Å². The second-order valence-corrected chi connectivity index (χ2v) is 6.25. The number of aryl methyl sites for hydroxylation is 1. The van der Waals surface area contributed by atoms with E-state index in [1.54, 1.807) is 0 Å². The summed E-state index contributed by atoms with van der Waals surface area (Å²) in [6.07, 6.45) is 4.05. The normalized spacial score (nSPS) is 25.6. The minimum atomic E-state index is 0.232. The van der Waals surface area contributed by atoms with Crippen molar-refractivity contribution in [3.8, 4) is 0 Å². The van der Waals surface area contributed by atoms with Gasteiger partial charge in [-0.3, -0.25) is 0 Å². The van der Waals surface area contributed by atoms with E-state index in [-0.39, 0.29) is 6.10 Å². The van der Waals surface area contributed by atoms with E-state index in [0.717, 1.165) is 36.5 Å². The van der Waals surface area contributed by atoms with Gasteiger partial charge in [0.15, 0.2) is 0 Å². The van der Waals surface area contributed by atoms with Gasteiger partial charge in [0.25, 0.3) is 0 Å². The van der Waals surface area contributed by atoms with Crippen molar-refractivity contribution in [3.05, 3.63) is 15.6 Å². The minimum absolute atomic E-state index is 0.232. The number of hydrogen-bond donors (Lipinski definition) is 1. The minimum Gasteiger partial charge on any atom is -0.368 e. The number of nitrogens with one attached hydrogen (secondary N) is 1. The van der Waals surface area contributed by atoms with Crippen LogP contribution >= 0.6 is 11.3 Å². The van der Waals surface area contributed by atoms with Crippen molar-refractivity contribution in [2.24, 2.45) is 0 Å². The highest BCUT2D eigenvalue weighted by Gasteiger charge is 2.27. The van der Waals surface area contributed by atoms with Crippen LogP contribution in [0.5, 0.6) is 0 Å². The van der Waals surface area contributed by atoms with E-state index in [1.807, 2.05) is 11.3 Å². The lowest BCUT2D eigenvalue weighted by Crippen LogP contribution is -2.18. The van der Waals surface area contributed by atoms with Gasteiger partial charge in [-0.2, -0.15) is 0 Å². The standard InChI is InChI=1S/C14H24N2OS/c1-5-8-15-10(3)13-11(4)16-14(18-13)12-7-6-9(2)17-12/h9-10,12,15H,5-8H2,1-4H3. The Hall–Kier alpha value is -0.450. The fourth-order valence-electron chi connectivity index (χ4n) is 2.41. The summed E-state index contributed by atoms with van der Waals surface area (Å²) in [6.45, 7) is 9.73. The number of nitrogens with zero attached hydrogens (tertiary/aromatic N) is 1. The first kappa shape index (κ1) is 14.0. The molecule has 1 N–H and O–H groups in total. The summed E-state index contributed by atoms with van der Waals surface area (Å²) in [5.74, 6) is 0. The van der Waals surface area contributed by atoms with Crippen LogP contribution in [0, 0.1) is 6.92 Å². The summed E-state index contributed by atoms with van der Waals surface area (Å²) in [5.41, 5.74) is 1.16. The van der Waals surface area contributed by atoms with Crippen LogP contribution in [0.25, 0.3) is 0 Å². The summed E-state index contributed by atoms with van der Waals surface area (Å²) in [4.78, 5) is 6.07. The Bertz CT molecular complexity index is 391. The third kappa shape index (κ3) is 3.11. The van der Waals surface area contributed by atoms with Gasteiger partial charge in [0, 0.05) is 10.9 Å². The Kier molecular flexibility index (Phi) is 4.76. The lowest BCUT2D eigenvalue weighted by Gasteiger charge is -2.11. The summed E-state index contributed by atoms with van der Waals surface area (Å²) in [5, 5.41) is 4.70. The highest BCUT2D eigenvalue weighted by Crippen LogP contribution is 2.37. The van der Waals surface area contributed by atoms with Crippen LogP contribution in [-0.4, -0.2) is 17.6 Å². The molecule has 0 aromatic carbocycles. The first-order chi connectivity index (χ1) is 8.61. The first-order valence-electron chi connectivity index (χ1n) is 6.97. The van der Waals surface area contributed by atoms with Crippen molar-refractivity contribution in [1.29, 1.82) is 0 Å². The third-order valence-corrected chi connectivity index (χ3v) is 4.88. The van der Waals surface area contributed by atoms with E-state index in [4.69, 9.17) is 9.72 Å². The molecule has 0 aliphatic carbocycles. The molecule has 18 heavy (non-hydrogen) atoms. The zero-order valence-electron chi connectivity index (χ0n) is 11.8. The number of ether oxygens (including phenoxy) is 1. The van der Waals surface area contributed by atoms with Crippen LogP contribution in [-0.2, 0) is 4.74 Å². The third-order valence-electron chi connectivity index (χ3n) is 3.45. The maximum absolute atomic E-state index is 5.90. The second kappa shape index (κ2) is 6.13. The van der Waals surface area contributed by atoms with E-state index < -0.39 is 0 Å². The van der Waals surface area contributed by atoms with E-state index in [0.29, 0.717) is 12.1 Å². The van der Waals surface area contributed by atoms with Crippen LogP contribution in [0.1, 0.15) is 67.8 Å². The lowest BCUT2D eigenvalue weighted by atomic mass is 10.2. The molecule has 4 heteroatoms. The molecular weight excluding hydrogens is 244 g/mol. The molecule has 0 spiro atoms. The number of rotatable bonds is 5. The molecule has 0 saturated carbocycles. The summed E-state index contributed by atoms with van der Waals surface area (Å²) in [6, 6.07) is 0.398. The molecule has 1 fully saturated rings. The zero-order valence-corrected chi connectivity index (χ0v) is 12.6. The topological polar surface area (TPSA) is 34.1 Å². The van der Waals surface area contributed by atoms with Crippen LogP contribution in [0.2, 0.25) is 0 Å². The summed E-state index contributed by atoms with van der Waals surface area (Å²) >= 11 is 1.82. The van der Waals surface area contributed by atoms with Gasteiger partial charge in [-0.25, -0.2) is 4.98 Å². The Balaban J connectivity index is 2.06. The molecule has 0 amide bonds. The monoisotopic (exact) mass is 268 g/mol. The van der Waals surface area contributed by atoms with Crippen molar-refractivity contribution in [2.75, 3.05) is 6.54 Å². The van der Waals surface area contributed by atoms with Gasteiger partial charge < -0.3 is 10.1 Å². The zero-order chi connectivity index (χ0) is 13.1. The molecule has 0 radical (unpaired) electrons. The smallest absolute Gasteiger partial charge is 0.122 e. The molecule has 3 unspecified atom stereocenters. The van der Waals surface area contributed by atoms with Gasteiger partial charge >= 0.3 is 0 Å². The average Bonchev–Trinajstić information content (AvgIpc) is 2.92. The average molecular weight is 268 g/mol. The van der Waals surface area contributed by atoms with Gasteiger partial charge in [0.2, 0.25) is 0 Å². The Morgan fingerprint density at radius 1 is 1.50 bits per heavy atom.